The van der Waals surface area contributed by atoms with E-state index >= 15 is 0 Å². The highest BCUT2D eigenvalue weighted by Crippen LogP contribution is 2.25. The molecule has 1 amide bonds. The molecule has 5 nitrogen and oxygen atoms in total. The summed E-state index contributed by atoms with van der Waals surface area (Å²) in [7, 11) is 0. The van der Waals surface area contributed by atoms with Crippen molar-refractivity contribution in [1.82, 2.24) is 5.32 Å². The molecular formula is C18H23BrFNO4. The van der Waals surface area contributed by atoms with Crippen LogP contribution >= 0.6 is 15.9 Å². The van der Waals surface area contributed by atoms with Crippen molar-refractivity contribution in [2.45, 2.75) is 57.6 Å². The van der Waals surface area contributed by atoms with Crippen molar-refractivity contribution < 1.29 is 23.5 Å². The maximum atomic E-state index is 13.0. The number of amides is 1. The number of benzene rings is 1. The van der Waals surface area contributed by atoms with Gasteiger partial charge in [0.1, 0.15) is 11.6 Å². The zero-order valence-electron chi connectivity index (χ0n) is 14.2. The lowest BCUT2D eigenvalue weighted by atomic mass is 10.1. The Labute approximate surface area is 155 Å². The lowest BCUT2D eigenvalue weighted by molar-refractivity contribution is -0.156. The fraction of sp³-hybridized carbons (Fsp3) is 0.556. The maximum absolute atomic E-state index is 13.0. The molecule has 0 aliphatic heterocycles. The minimum absolute atomic E-state index is 0.155. The number of rotatable bonds is 6. The van der Waals surface area contributed by atoms with Gasteiger partial charge < -0.3 is 14.8 Å². The molecule has 0 radical (unpaired) electrons. The average Bonchev–Trinajstić information content (AvgIpc) is 2.82. The van der Waals surface area contributed by atoms with Crippen LogP contribution in [-0.2, 0) is 14.3 Å². The van der Waals surface area contributed by atoms with Crippen molar-refractivity contribution in [3.8, 4) is 5.75 Å². The molecular weight excluding hydrogens is 393 g/mol. The van der Waals surface area contributed by atoms with Gasteiger partial charge in [-0.15, -0.1) is 0 Å². The Morgan fingerprint density at radius 1 is 1.28 bits per heavy atom. The first kappa shape index (κ1) is 19.7. The Bertz CT molecular complexity index is 603. The quantitative estimate of drug-likeness (QED) is 0.567. The van der Waals surface area contributed by atoms with Gasteiger partial charge in [0, 0.05) is 6.04 Å². The highest BCUT2D eigenvalue weighted by atomic mass is 79.9. The Balaban J connectivity index is 1.75. The number of esters is 1. The highest BCUT2D eigenvalue weighted by Gasteiger charge is 2.22. The molecule has 0 bridgehead atoms. The van der Waals surface area contributed by atoms with E-state index in [1.165, 1.54) is 38.0 Å². The summed E-state index contributed by atoms with van der Waals surface area (Å²) in [6, 6.07) is 4.04. The predicted molar refractivity (Wildman–Crippen MR) is 94.8 cm³/mol. The monoisotopic (exact) mass is 415 g/mol. The molecule has 1 aromatic rings. The Morgan fingerprint density at radius 3 is 2.60 bits per heavy atom. The summed E-state index contributed by atoms with van der Waals surface area (Å²) < 4.78 is 23.8. The van der Waals surface area contributed by atoms with Crippen molar-refractivity contribution >= 4 is 27.8 Å². The van der Waals surface area contributed by atoms with Crippen LogP contribution in [-0.4, -0.2) is 30.6 Å². The molecule has 25 heavy (non-hydrogen) atoms. The number of hydrogen-bond acceptors (Lipinski definition) is 4. The van der Waals surface area contributed by atoms with Crippen molar-refractivity contribution in [1.29, 1.82) is 0 Å². The third kappa shape index (κ3) is 6.65. The van der Waals surface area contributed by atoms with Crippen LogP contribution in [0, 0.1) is 5.82 Å². The summed E-state index contributed by atoms with van der Waals surface area (Å²) in [5.41, 5.74) is 0. The van der Waals surface area contributed by atoms with Crippen LogP contribution < -0.4 is 10.1 Å². The first-order valence-corrected chi connectivity index (χ1v) is 9.32. The SMILES string of the molecule is C[C@@H](OC(=O)COc1ccc(F)cc1Br)C(=O)NC1CCCCCC1. The molecule has 0 saturated heterocycles. The third-order valence-electron chi connectivity index (χ3n) is 4.12. The van der Waals surface area contributed by atoms with Gasteiger partial charge in [-0.1, -0.05) is 25.7 Å². The smallest absolute Gasteiger partial charge is 0.344 e. The van der Waals surface area contributed by atoms with E-state index in [1.807, 2.05) is 0 Å². The number of ether oxygens (including phenoxy) is 2. The molecule has 0 heterocycles. The van der Waals surface area contributed by atoms with Crippen LogP contribution in [0.3, 0.4) is 0 Å². The standard InChI is InChI=1S/C18H23BrFNO4/c1-12(18(23)21-14-6-4-2-3-5-7-14)25-17(22)11-24-16-9-8-13(20)10-15(16)19/h8-10,12,14H,2-7,11H2,1H3,(H,21,23)/t12-/m1/s1. The third-order valence-corrected chi connectivity index (χ3v) is 4.74. The van der Waals surface area contributed by atoms with Gasteiger partial charge in [0.15, 0.2) is 12.7 Å². The van der Waals surface area contributed by atoms with Crippen molar-refractivity contribution in [3.63, 3.8) is 0 Å². The number of carbonyl (C=O) groups excluding carboxylic acids is 2. The molecule has 1 atom stereocenters. The molecule has 2 rings (SSSR count). The normalized spacial score (nSPS) is 16.6. The van der Waals surface area contributed by atoms with E-state index in [0.29, 0.717) is 10.2 Å². The molecule has 1 aliphatic rings. The first-order chi connectivity index (χ1) is 12.0. The van der Waals surface area contributed by atoms with E-state index in [-0.39, 0.29) is 18.6 Å². The fourth-order valence-electron chi connectivity index (χ4n) is 2.76. The molecule has 0 aromatic heterocycles. The van der Waals surface area contributed by atoms with Crippen LogP contribution in [0.25, 0.3) is 0 Å². The van der Waals surface area contributed by atoms with E-state index in [2.05, 4.69) is 21.2 Å². The van der Waals surface area contributed by atoms with Gasteiger partial charge in [-0.3, -0.25) is 4.79 Å². The number of hydrogen-bond donors (Lipinski definition) is 1. The molecule has 1 aromatic carbocycles. The summed E-state index contributed by atoms with van der Waals surface area (Å²) in [5.74, 6) is -1.03. The number of carbonyl (C=O) groups is 2. The van der Waals surface area contributed by atoms with Crippen molar-refractivity contribution in [2.24, 2.45) is 0 Å². The van der Waals surface area contributed by atoms with Crippen molar-refractivity contribution in [2.75, 3.05) is 6.61 Å². The predicted octanol–water partition coefficient (Wildman–Crippen LogP) is 3.74. The fourth-order valence-corrected chi connectivity index (χ4v) is 3.22. The summed E-state index contributed by atoms with van der Waals surface area (Å²) in [6.45, 7) is 1.18. The molecule has 0 unspecified atom stereocenters. The van der Waals surface area contributed by atoms with Gasteiger partial charge in [-0.2, -0.15) is 0 Å². The second kappa shape index (κ2) is 9.75. The molecule has 1 saturated carbocycles. The lowest BCUT2D eigenvalue weighted by Gasteiger charge is -2.19. The van der Waals surface area contributed by atoms with Gasteiger partial charge >= 0.3 is 5.97 Å². The van der Waals surface area contributed by atoms with E-state index in [4.69, 9.17) is 9.47 Å². The summed E-state index contributed by atoms with van der Waals surface area (Å²) >= 11 is 3.15. The van der Waals surface area contributed by atoms with Crippen LogP contribution in [0.4, 0.5) is 4.39 Å². The van der Waals surface area contributed by atoms with Gasteiger partial charge in [0.2, 0.25) is 0 Å². The largest absolute Gasteiger partial charge is 0.481 e. The second-order valence-corrected chi connectivity index (χ2v) is 7.05. The van der Waals surface area contributed by atoms with Crippen LogP contribution in [0.1, 0.15) is 45.4 Å². The minimum Gasteiger partial charge on any atom is -0.481 e. The summed E-state index contributed by atoms with van der Waals surface area (Å²) in [6.07, 6.45) is 5.68. The molecule has 1 aliphatic carbocycles. The number of halogens is 2. The van der Waals surface area contributed by atoms with E-state index in [0.717, 1.165) is 25.7 Å². The Morgan fingerprint density at radius 2 is 1.96 bits per heavy atom. The van der Waals surface area contributed by atoms with Crippen molar-refractivity contribution in [3.05, 3.63) is 28.5 Å². The van der Waals surface area contributed by atoms with E-state index in [9.17, 15) is 14.0 Å². The molecule has 1 N–H and O–H groups in total. The highest BCUT2D eigenvalue weighted by molar-refractivity contribution is 9.10. The van der Waals surface area contributed by atoms with Crippen LogP contribution in [0.5, 0.6) is 5.75 Å². The van der Waals surface area contributed by atoms with Gasteiger partial charge in [-0.25, -0.2) is 9.18 Å². The molecule has 7 heteroatoms. The van der Waals surface area contributed by atoms with Gasteiger partial charge in [-0.05, 0) is 53.9 Å². The first-order valence-electron chi connectivity index (χ1n) is 8.53. The van der Waals surface area contributed by atoms with Crippen LogP contribution in [0.2, 0.25) is 0 Å². The lowest BCUT2D eigenvalue weighted by Crippen LogP contribution is -2.42. The summed E-state index contributed by atoms with van der Waals surface area (Å²) in [4.78, 5) is 24.0. The Kier molecular flexibility index (Phi) is 7.68. The van der Waals surface area contributed by atoms with E-state index < -0.39 is 17.9 Å². The molecule has 0 spiro atoms. The van der Waals surface area contributed by atoms with Gasteiger partial charge in [0.05, 0.1) is 4.47 Å². The molecule has 1 fully saturated rings. The van der Waals surface area contributed by atoms with Gasteiger partial charge in [0.25, 0.3) is 5.91 Å². The Hall–Kier alpha value is -1.63. The zero-order chi connectivity index (χ0) is 18.2. The number of nitrogens with one attached hydrogen (secondary N) is 1. The zero-order valence-corrected chi connectivity index (χ0v) is 15.8. The summed E-state index contributed by atoms with van der Waals surface area (Å²) in [5, 5.41) is 2.95. The minimum atomic E-state index is -0.879. The van der Waals surface area contributed by atoms with Crippen LogP contribution in [0.15, 0.2) is 22.7 Å². The average molecular weight is 416 g/mol. The topological polar surface area (TPSA) is 64.6 Å². The maximum Gasteiger partial charge on any atom is 0.344 e. The second-order valence-electron chi connectivity index (χ2n) is 6.19. The van der Waals surface area contributed by atoms with E-state index in [1.54, 1.807) is 0 Å². The molecule has 138 valence electrons.